The minimum atomic E-state index is -3.93. The highest BCUT2D eigenvalue weighted by Gasteiger charge is 2.21. The Morgan fingerprint density at radius 2 is 1.59 bits per heavy atom. The summed E-state index contributed by atoms with van der Waals surface area (Å²) in [6, 6.07) is 14.7. The molecule has 0 aliphatic heterocycles. The summed E-state index contributed by atoms with van der Waals surface area (Å²) in [5.41, 5.74) is 4.50. The number of sulfonamides is 1. The number of ether oxygens (including phenoxy) is 1. The van der Waals surface area contributed by atoms with Crippen LogP contribution in [0.25, 0.3) is 0 Å². The van der Waals surface area contributed by atoms with Crippen molar-refractivity contribution in [1.29, 1.82) is 0 Å². The van der Waals surface area contributed by atoms with E-state index in [0.29, 0.717) is 28.1 Å². The van der Waals surface area contributed by atoms with Gasteiger partial charge in [0.05, 0.1) is 17.1 Å². The molecule has 0 heterocycles. The highest BCUT2D eigenvalue weighted by atomic mass is 32.2. The molecule has 178 valence electrons. The Morgan fingerprint density at radius 3 is 2.26 bits per heavy atom. The lowest BCUT2D eigenvalue weighted by atomic mass is 10.1. The monoisotopic (exact) mass is 480 g/mol. The zero-order valence-corrected chi connectivity index (χ0v) is 20.7. The van der Waals surface area contributed by atoms with E-state index in [2.05, 4.69) is 10.0 Å². The van der Waals surface area contributed by atoms with Gasteiger partial charge in [0.2, 0.25) is 0 Å². The van der Waals surface area contributed by atoms with E-state index in [1.807, 2.05) is 19.9 Å². The van der Waals surface area contributed by atoms with Crippen LogP contribution < -0.4 is 10.0 Å². The van der Waals surface area contributed by atoms with Crippen molar-refractivity contribution in [2.24, 2.45) is 0 Å². The van der Waals surface area contributed by atoms with E-state index in [1.165, 1.54) is 6.07 Å². The number of carbonyl (C=O) groups excluding carboxylic acids is 2. The average Bonchev–Trinajstić information content (AvgIpc) is 2.77. The van der Waals surface area contributed by atoms with Crippen molar-refractivity contribution in [2.45, 2.75) is 39.5 Å². The van der Waals surface area contributed by atoms with Crippen molar-refractivity contribution >= 4 is 33.3 Å². The molecule has 7 nitrogen and oxygen atoms in total. The van der Waals surface area contributed by atoms with Crippen molar-refractivity contribution in [2.75, 3.05) is 16.6 Å². The molecule has 3 rings (SSSR count). The van der Waals surface area contributed by atoms with Crippen LogP contribution in [-0.2, 0) is 14.8 Å². The van der Waals surface area contributed by atoms with Gasteiger partial charge in [-0.1, -0.05) is 18.2 Å². The molecule has 0 atom stereocenters. The van der Waals surface area contributed by atoms with Gasteiger partial charge >= 0.3 is 5.97 Å². The Bertz CT molecular complexity index is 1360. The molecule has 0 aliphatic carbocycles. The van der Waals surface area contributed by atoms with E-state index in [1.54, 1.807) is 63.2 Å². The minimum Gasteiger partial charge on any atom is -0.462 e. The number of carbonyl (C=O) groups is 2. The number of hydrogen-bond acceptors (Lipinski definition) is 5. The van der Waals surface area contributed by atoms with E-state index in [4.69, 9.17) is 4.74 Å². The van der Waals surface area contributed by atoms with Gasteiger partial charge in [0.25, 0.3) is 15.9 Å². The third kappa shape index (κ3) is 5.46. The third-order valence-corrected chi connectivity index (χ3v) is 7.10. The van der Waals surface area contributed by atoms with Crippen molar-refractivity contribution in [1.82, 2.24) is 0 Å². The number of amides is 1. The average molecular weight is 481 g/mol. The SMILES string of the molecule is CCOC(=O)c1cccc(NC(=O)c2ccc(C)c(S(=O)(=O)Nc3ccc(C)c(C)c3)c2)c1C. The van der Waals surface area contributed by atoms with Gasteiger partial charge in [0, 0.05) is 16.9 Å². The van der Waals surface area contributed by atoms with Crippen molar-refractivity contribution in [3.63, 3.8) is 0 Å². The second-order valence-electron chi connectivity index (χ2n) is 8.04. The second kappa shape index (κ2) is 10.1. The molecular formula is C26H28N2O5S. The number of hydrogen-bond donors (Lipinski definition) is 2. The Labute approximate surface area is 200 Å². The summed E-state index contributed by atoms with van der Waals surface area (Å²) >= 11 is 0. The number of esters is 1. The van der Waals surface area contributed by atoms with E-state index >= 15 is 0 Å². The highest BCUT2D eigenvalue weighted by Crippen LogP contribution is 2.24. The van der Waals surface area contributed by atoms with E-state index < -0.39 is 21.9 Å². The lowest BCUT2D eigenvalue weighted by Crippen LogP contribution is -2.18. The van der Waals surface area contributed by atoms with E-state index in [-0.39, 0.29) is 17.1 Å². The van der Waals surface area contributed by atoms with Gasteiger partial charge in [-0.25, -0.2) is 13.2 Å². The summed E-state index contributed by atoms with van der Waals surface area (Å²) in [5, 5.41) is 2.76. The van der Waals surface area contributed by atoms with Crippen molar-refractivity contribution in [3.05, 3.63) is 88.0 Å². The molecule has 0 saturated heterocycles. The summed E-state index contributed by atoms with van der Waals surface area (Å²) in [4.78, 5) is 25.1. The summed E-state index contributed by atoms with van der Waals surface area (Å²) in [6.07, 6.45) is 0. The van der Waals surface area contributed by atoms with Crippen LogP contribution >= 0.6 is 0 Å². The van der Waals surface area contributed by atoms with Crippen molar-refractivity contribution in [3.8, 4) is 0 Å². The van der Waals surface area contributed by atoms with E-state index in [9.17, 15) is 18.0 Å². The number of benzene rings is 3. The molecule has 0 aliphatic rings. The molecule has 0 spiro atoms. The normalized spacial score (nSPS) is 11.1. The second-order valence-corrected chi connectivity index (χ2v) is 9.69. The fraction of sp³-hybridized carbons (Fsp3) is 0.231. The summed E-state index contributed by atoms with van der Waals surface area (Å²) < 4.78 is 33.8. The fourth-order valence-electron chi connectivity index (χ4n) is 3.44. The predicted molar refractivity (Wildman–Crippen MR) is 133 cm³/mol. The molecule has 2 N–H and O–H groups in total. The molecule has 3 aromatic carbocycles. The molecule has 0 saturated carbocycles. The van der Waals surface area contributed by atoms with Crippen LogP contribution in [0.15, 0.2) is 59.5 Å². The number of aryl methyl sites for hydroxylation is 3. The molecule has 34 heavy (non-hydrogen) atoms. The fourth-order valence-corrected chi connectivity index (χ4v) is 4.76. The first-order valence-corrected chi connectivity index (χ1v) is 12.3. The summed E-state index contributed by atoms with van der Waals surface area (Å²) in [6.45, 7) is 9.19. The van der Waals surface area contributed by atoms with E-state index in [0.717, 1.165) is 11.1 Å². The lowest BCUT2D eigenvalue weighted by Gasteiger charge is -2.14. The lowest BCUT2D eigenvalue weighted by molar-refractivity contribution is 0.0525. The number of rotatable bonds is 7. The minimum absolute atomic E-state index is 0.00961. The molecule has 0 radical (unpaired) electrons. The van der Waals surface area contributed by atoms with Crippen molar-refractivity contribution < 1.29 is 22.7 Å². The quantitative estimate of drug-likeness (QED) is 0.456. The van der Waals surface area contributed by atoms with Crippen LogP contribution in [0, 0.1) is 27.7 Å². The van der Waals surface area contributed by atoms with Gasteiger partial charge in [-0.05, 0) is 93.3 Å². The molecule has 0 bridgehead atoms. The zero-order chi connectivity index (χ0) is 25.0. The maximum absolute atomic E-state index is 13.1. The predicted octanol–water partition coefficient (Wildman–Crippen LogP) is 5.15. The van der Waals surface area contributed by atoms with Crippen LogP contribution in [-0.4, -0.2) is 26.9 Å². The topological polar surface area (TPSA) is 102 Å². The standard InChI is InChI=1S/C26H28N2O5S/c1-6-33-26(30)22-8-7-9-23(19(22)5)27-25(29)20-12-10-17(3)24(15-20)34(31,32)28-21-13-11-16(2)18(4)14-21/h7-15,28H,6H2,1-5H3,(H,27,29). The summed E-state index contributed by atoms with van der Waals surface area (Å²) in [5.74, 6) is -0.969. The van der Waals surface area contributed by atoms with Gasteiger partial charge in [-0.2, -0.15) is 0 Å². The van der Waals surface area contributed by atoms with Gasteiger partial charge in [-0.15, -0.1) is 0 Å². The molecule has 0 aromatic heterocycles. The molecule has 8 heteroatoms. The number of anilines is 2. The maximum atomic E-state index is 13.1. The largest absolute Gasteiger partial charge is 0.462 e. The Balaban J connectivity index is 1.88. The van der Waals surface area contributed by atoms with Gasteiger partial charge in [-0.3, -0.25) is 9.52 Å². The third-order valence-electron chi connectivity index (χ3n) is 5.58. The van der Waals surface area contributed by atoms with Crippen LogP contribution in [0.5, 0.6) is 0 Å². The molecule has 0 unspecified atom stereocenters. The zero-order valence-electron chi connectivity index (χ0n) is 19.9. The Hall–Kier alpha value is -3.65. The highest BCUT2D eigenvalue weighted by molar-refractivity contribution is 7.92. The Kier molecular flexibility index (Phi) is 7.41. The van der Waals surface area contributed by atoms with Crippen LogP contribution in [0.2, 0.25) is 0 Å². The Morgan fingerprint density at radius 1 is 0.882 bits per heavy atom. The number of nitrogens with one attached hydrogen (secondary N) is 2. The van der Waals surface area contributed by atoms with Crippen LogP contribution in [0.1, 0.15) is 49.9 Å². The molecule has 0 fully saturated rings. The first-order chi connectivity index (χ1) is 16.0. The van der Waals surface area contributed by atoms with Gasteiger partial charge in [0.1, 0.15) is 0 Å². The van der Waals surface area contributed by atoms with Crippen LogP contribution in [0.3, 0.4) is 0 Å². The first kappa shape index (κ1) is 25.0. The van der Waals surface area contributed by atoms with Crippen LogP contribution in [0.4, 0.5) is 11.4 Å². The first-order valence-electron chi connectivity index (χ1n) is 10.8. The van der Waals surface area contributed by atoms with Gasteiger partial charge in [0.15, 0.2) is 0 Å². The maximum Gasteiger partial charge on any atom is 0.338 e. The molecule has 3 aromatic rings. The molecular weight excluding hydrogens is 452 g/mol. The smallest absolute Gasteiger partial charge is 0.338 e. The summed E-state index contributed by atoms with van der Waals surface area (Å²) in [7, 11) is -3.93. The van der Waals surface area contributed by atoms with Gasteiger partial charge < -0.3 is 10.1 Å². The molecule has 1 amide bonds.